The predicted octanol–water partition coefficient (Wildman–Crippen LogP) is 3.30. The van der Waals surface area contributed by atoms with Gasteiger partial charge in [-0.25, -0.2) is 4.79 Å². The van der Waals surface area contributed by atoms with Crippen molar-refractivity contribution in [2.75, 3.05) is 13.7 Å². The molecule has 170 valence electrons. The fourth-order valence-electron chi connectivity index (χ4n) is 4.27. The number of carbonyl (C=O) groups is 2. The molecule has 6 atom stereocenters. The number of allylic oxidation sites excluding steroid dienone is 3. The van der Waals surface area contributed by atoms with Crippen LogP contribution in [0.4, 0.5) is 0 Å². The molecular formula is C23H36O7. The van der Waals surface area contributed by atoms with Crippen molar-refractivity contribution in [1.29, 1.82) is 0 Å². The number of aliphatic hydroxyl groups is 1. The topological polar surface area (TPSA) is 91.3 Å². The summed E-state index contributed by atoms with van der Waals surface area (Å²) in [5.74, 6) is -0.688. The van der Waals surface area contributed by atoms with Crippen LogP contribution in [0.25, 0.3) is 0 Å². The van der Waals surface area contributed by atoms with Gasteiger partial charge in [-0.15, -0.1) is 0 Å². The van der Waals surface area contributed by atoms with Gasteiger partial charge in [0.05, 0.1) is 13.2 Å². The molecule has 1 saturated carbocycles. The highest BCUT2D eigenvalue weighted by Crippen LogP contribution is 2.41. The number of hydrogen-bond acceptors (Lipinski definition) is 7. The molecule has 2 rings (SSSR count). The minimum atomic E-state index is -1.11. The SMILES string of the molecule is CC=C[C@@H]1[C@@H](CC=CCCC(O)C(=O)OC)[C@@H](OC(C)=O)C[C@H]1OC1CCCCO1. The van der Waals surface area contributed by atoms with Crippen LogP contribution in [0, 0.1) is 11.8 Å². The van der Waals surface area contributed by atoms with E-state index < -0.39 is 12.1 Å². The molecule has 2 fully saturated rings. The molecule has 0 aromatic heterocycles. The monoisotopic (exact) mass is 424 g/mol. The van der Waals surface area contributed by atoms with Gasteiger partial charge in [0, 0.05) is 31.8 Å². The Morgan fingerprint density at radius 3 is 2.67 bits per heavy atom. The molecule has 1 saturated heterocycles. The molecule has 7 nitrogen and oxygen atoms in total. The largest absolute Gasteiger partial charge is 0.467 e. The standard InChI is InChI=1S/C23H36O7/c1-4-10-17-18(11-6-5-7-12-19(25)23(26)27-3)20(29-16(2)24)15-21(17)30-22-13-8-9-14-28-22/h4-6,10,17-22,25H,7-9,11-15H2,1-3H3/t17-,18-,19?,20+,21-,22?/m1/s1. The Kier molecular flexibility index (Phi) is 10.5. The Labute approximate surface area is 179 Å². The number of methoxy groups -OCH3 is 1. The first-order valence-corrected chi connectivity index (χ1v) is 10.9. The first-order chi connectivity index (χ1) is 14.5. The molecule has 0 aromatic carbocycles. The number of aliphatic hydroxyl groups excluding tert-OH is 1. The summed E-state index contributed by atoms with van der Waals surface area (Å²) in [6, 6.07) is 0. The van der Waals surface area contributed by atoms with Crippen LogP contribution >= 0.6 is 0 Å². The van der Waals surface area contributed by atoms with E-state index in [1.165, 1.54) is 14.0 Å². The Hall–Kier alpha value is -1.70. The first kappa shape index (κ1) is 24.6. The van der Waals surface area contributed by atoms with Gasteiger partial charge in [-0.2, -0.15) is 0 Å². The highest BCUT2D eigenvalue weighted by Gasteiger charge is 2.44. The van der Waals surface area contributed by atoms with E-state index in [2.05, 4.69) is 10.8 Å². The lowest BCUT2D eigenvalue weighted by atomic mass is 9.89. The molecule has 0 radical (unpaired) electrons. The average Bonchev–Trinajstić information content (AvgIpc) is 3.03. The van der Waals surface area contributed by atoms with Gasteiger partial charge in [-0.3, -0.25) is 4.79 Å². The molecule has 7 heteroatoms. The Bertz CT molecular complexity index is 594. The normalized spacial score (nSPS) is 30.6. The van der Waals surface area contributed by atoms with Crippen molar-refractivity contribution in [1.82, 2.24) is 0 Å². The third-order valence-corrected chi connectivity index (χ3v) is 5.72. The van der Waals surface area contributed by atoms with Crippen LogP contribution in [0.1, 0.15) is 58.8 Å². The van der Waals surface area contributed by atoms with Crippen LogP contribution in [0.5, 0.6) is 0 Å². The van der Waals surface area contributed by atoms with E-state index >= 15 is 0 Å². The number of esters is 2. The van der Waals surface area contributed by atoms with Crippen LogP contribution in [0.2, 0.25) is 0 Å². The third kappa shape index (κ3) is 7.52. The van der Waals surface area contributed by atoms with Crippen molar-refractivity contribution in [2.45, 2.75) is 83.4 Å². The molecule has 1 N–H and O–H groups in total. The molecule has 1 heterocycles. The molecule has 1 aliphatic heterocycles. The van der Waals surface area contributed by atoms with E-state index in [-0.39, 0.29) is 36.3 Å². The number of rotatable bonds is 10. The van der Waals surface area contributed by atoms with E-state index in [0.717, 1.165) is 25.9 Å². The maximum absolute atomic E-state index is 11.7. The van der Waals surface area contributed by atoms with Crippen molar-refractivity contribution >= 4 is 11.9 Å². The molecule has 0 spiro atoms. The van der Waals surface area contributed by atoms with Gasteiger partial charge in [0.2, 0.25) is 0 Å². The highest BCUT2D eigenvalue weighted by molar-refractivity contribution is 5.74. The van der Waals surface area contributed by atoms with E-state index in [4.69, 9.17) is 14.2 Å². The number of carbonyl (C=O) groups excluding carboxylic acids is 2. The second-order valence-electron chi connectivity index (χ2n) is 7.94. The minimum Gasteiger partial charge on any atom is -0.467 e. The zero-order chi connectivity index (χ0) is 21.9. The lowest BCUT2D eigenvalue weighted by Gasteiger charge is -2.28. The Morgan fingerprint density at radius 2 is 2.03 bits per heavy atom. The summed E-state index contributed by atoms with van der Waals surface area (Å²) in [6.07, 6.45) is 11.8. The van der Waals surface area contributed by atoms with Crippen molar-refractivity contribution in [3.8, 4) is 0 Å². The fraction of sp³-hybridized carbons (Fsp3) is 0.739. The lowest BCUT2D eigenvalue weighted by molar-refractivity contribution is -0.193. The van der Waals surface area contributed by atoms with Crippen LogP contribution in [0.3, 0.4) is 0 Å². The lowest BCUT2D eigenvalue weighted by Crippen LogP contribution is -2.30. The highest BCUT2D eigenvalue weighted by atomic mass is 16.7. The molecule has 0 aromatic rings. The van der Waals surface area contributed by atoms with Crippen LogP contribution < -0.4 is 0 Å². The Morgan fingerprint density at radius 1 is 1.23 bits per heavy atom. The van der Waals surface area contributed by atoms with Crippen molar-refractivity contribution in [3.63, 3.8) is 0 Å². The second-order valence-corrected chi connectivity index (χ2v) is 7.94. The predicted molar refractivity (Wildman–Crippen MR) is 111 cm³/mol. The van der Waals surface area contributed by atoms with E-state index in [0.29, 0.717) is 25.7 Å². The van der Waals surface area contributed by atoms with Gasteiger partial charge in [0.15, 0.2) is 12.4 Å². The van der Waals surface area contributed by atoms with Crippen LogP contribution in [-0.2, 0) is 28.5 Å². The van der Waals surface area contributed by atoms with E-state index in [1.807, 2.05) is 25.2 Å². The third-order valence-electron chi connectivity index (χ3n) is 5.72. The maximum atomic E-state index is 11.7. The zero-order valence-corrected chi connectivity index (χ0v) is 18.3. The summed E-state index contributed by atoms with van der Waals surface area (Å²) in [5, 5.41) is 9.67. The quantitative estimate of drug-likeness (QED) is 0.425. The van der Waals surface area contributed by atoms with Crippen molar-refractivity contribution in [2.24, 2.45) is 11.8 Å². The summed E-state index contributed by atoms with van der Waals surface area (Å²) in [6.45, 7) is 4.14. The summed E-state index contributed by atoms with van der Waals surface area (Å²) in [4.78, 5) is 22.9. The Balaban J connectivity index is 1.99. The second kappa shape index (κ2) is 12.9. The van der Waals surface area contributed by atoms with Crippen LogP contribution in [-0.4, -0.2) is 55.4 Å². The molecule has 2 unspecified atom stereocenters. The molecular weight excluding hydrogens is 388 g/mol. The molecule has 2 aliphatic rings. The van der Waals surface area contributed by atoms with Crippen molar-refractivity contribution < 1.29 is 33.6 Å². The average molecular weight is 425 g/mol. The molecule has 0 bridgehead atoms. The minimum absolute atomic E-state index is 0.0619. The zero-order valence-electron chi connectivity index (χ0n) is 18.3. The van der Waals surface area contributed by atoms with Crippen LogP contribution in [0.15, 0.2) is 24.3 Å². The smallest absolute Gasteiger partial charge is 0.334 e. The number of ether oxygens (including phenoxy) is 4. The molecule has 1 aliphatic carbocycles. The summed E-state index contributed by atoms with van der Waals surface area (Å²) in [5.41, 5.74) is 0. The van der Waals surface area contributed by atoms with E-state index in [9.17, 15) is 14.7 Å². The van der Waals surface area contributed by atoms with Gasteiger partial charge in [0.1, 0.15) is 6.10 Å². The number of hydrogen-bond donors (Lipinski definition) is 1. The summed E-state index contributed by atoms with van der Waals surface area (Å²) in [7, 11) is 1.26. The van der Waals surface area contributed by atoms with Crippen molar-refractivity contribution in [3.05, 3.63) is 24.3 Å². The van der Waals surface area contributed by atoms with Gasteiger partial charge in [0.25, 0.3) is 0 Å². The maximum Gasteiger partial charge on any atom is 0.334 e. The van der Waals surface area contributed by atoms with E-state index in [1.54, 1.807) is 0 Å². The van der Waals surface area contributed by atoms with Gasteiger partial charge in [-0.1, -0.05) is 24.3 Å². The van der Waals surface area contributed by atoms with Gasteiger partial charge >= 0.3 is 11.9 Å². The molecule has 30 heavy (non-hydrogen) atoms. The molecule has 0 amide bonds. The van der Waals surface area contributed by atoms with Gasteiger partial charge in [-0.05, 0) is 45.4 Å². The summed E-state index contributed by atoms with van der Waals surface area (Å²) < 4.78 is 22.2. The fourth-order valence-corrected chi connectivity index (χ4v) is 4.27. The van der Waals surface area contributed by atoms with Gasteiger partial charge < -0.3 is 24.1 Å². The first-order valence-electron chi connectivity index (χ1n) is 10.9. The summed E-state index contributed by atoms with van der Waals surface area (Å²) >= 11 is 0.